The highest BCUT2D eigenvalue weighted by molar-refractivity contribution is 7.89. The van der Waals surface area contributed by atoms with Gasteiger partial charge in [0.2, 0.25) is 10.0 Å². The van der Waals surface area contributed by atoms with E-state index in [4.69, 9.17) is 4.74 Å². The monoisotopic (exact) mass is 271 g/mol. The summed E-state index contributed by atoms with van der Waals surface area (Å²) in [6.45, 7) is 0.234. The van der Waals surface area contributed by atoms with Crippen molar-refractivity contribution in [3.05, 3.63) is 23.8 Å². The van der Waals surface area contributed by atoms with E-state index in [1.807, 2.05) is 0 Å². The number of ether oxygens (including phenoxy) is 1. The van der Waals surface area contributed by atoms with Gasteiger partial charge in [-0.25, -0.2) is 13.1 Å². The standard InChI is InChI=1S/C12H17NO4S/c1-17-12-5-4-11(6-10(12)8-14)18(15,16)13-7-9-2-3-9/h4-6,9,13-14H,2-3,7-8H2,1H3. The number of aliphatic hydroxyl groups excluding tert-OH is 1. The Hall–Kier alpha value is -1.11. The summed E-state index contributed by atoms with van der Waals surface area (Å²) in [6.07, 6.45) is 2.18. The van der Waals surface area contributed by atoms with Crippen molar-refractivity contribution in [1.29, 1.82) is 0 Å². The Kier molecular flexibility index (Phi) is 3.89. The van der Waals surface area contributed by atoms with Crippen LogP contribution in [0.2, 0.25) is 0 Å². The van der Waals surface area contributed by atoms with Gasteiger partial charge >= 0.3 is 0 Å². The van der Waals surface area contributed by atoms with Crippen molar-refractivity contribution < 1.29 is 18.3 Å². The van der Waals surface area contributed by atoms with Gasteiger partial charge in [0.25, 0.3) is 0 Å². The number of methoxy groups -OCH3 is 1. The van der Waals surface area contributed by atoms with Crippen molar-refractivity contribution in [2.45, 2.75) is 24.3 Å². The Bertz CT molecular complexity index is 523. The van der Waals surface area contributed by atoms with Crippen LogP contribution < -0.4 is 9.46 Å². The molecule has 0 unspecified atom stereocenters. The highest BCUT2D eigenvalue weighted by Crippen LogP contribution is 2.28. The van der Waals surface area contributed by atoms with Gasteiger partial charge in [-0.05, 0) is 37.0 Å². The molecule has 1 saturated carbocycles. The van der Waals surface area contributed by atoms with Crippen LogP contribution in [0.3, 0.4) is 0 Å². The van der Waals surface area contributed by atoms with E-state index >= 15 is 0 Å². The number of hydrogen-bond acceptors (Lipinski definition) is 4. The maximum absolute atomic E-state index is 12.0. The van der Waals surface area contributed by atoms with E-state index in [9.17, 15) is 13.5 Å². The Morgan fingerprint density at radius 1 is 1.44 bits per heavy atom. The molecule has 1 fully saturated rings. The molecule has 1 aromatic carbocycles. The first kappa shape index (κ1) is 13.3. The van der Waals surface area contributed by atoms with Crippen LogP contribution in [0.1, 0.15) is 18.4 Å². The molecule has 0 aromatic heterocycles. The average molecular weight is 271 g/mol. The van der Waals surface area contributed by atoms with Gasteiger partial charge in [-0.2, -0.15) is 0 Å². The van der Waals surface area contributed by atoms with Gasteiger partial charge in [0.15, 0.2) is 0 Å². The zero-order chi connectivity index (χ0) is 13.2. The van der Waals surface area contributed by atoms with Gasteiger partial charge in [-0.1, -0.05) is 0 Å². The largest absolute Gasteiger partial charge is 0.496 e. The number of benzene rings is 1. The second-order valence-electron chi connectivity index (χ2n) is 4.43. The zero-order valence-electron chi connectivity index (χ0n) is 10.2. The first-order valence-corrected chi connectivity index (χ1v) is 7.32. The second-order valence-corrected chi connectivity index (χ2v) is 6.19. The molecule has 0 heterocycles. The SMILES string of the molecule is COc1ccc(S(=O)(=O)NCC2CC2)cc1CO. The highest BCUT2D eigenvalue weighted by Gasteiger charge is 2.24. The molecular formula is C12H17NO4S. The van der Waals surface area contributed by atoms with E-state index in [0.29, 0.717) is 23.8 Å². The maximum Gasteiger partial charge on any atom is 0.240 e. The fraction of sp³-hybridized carbons (Fsp3) is 0.500. The summed E-state index contributed by atoms with van der Waals surface area (Å²) in [5.41, 5.74) is 0.465. The molecule has 5 nitrogen and oxygen atoms in total. The van der Waals surface area contributed by atoms with Crippen LogP contribution in [0.4, 0.5) is 0 Å². The molecule has 0 aliphatic heterocycles. The Balaban J connectivity index is 2.20. The van der Waals surface area contributed by atoms with Crippen LogP contribution in [0.15, 0.2) is 23.1 Å². The summed E-state index contributed by atoms with van der Waals surface area (Å²) in [5.74, 6) is 0.967. The third-order valence-electron chi connectivity index (χ3n) is 2.99. The molecule has 2 N–H and O–H groups in total. The molecule has 0 amide bonds. The van der Waals surface area contributed by atoms with Gasteiger partial charge in [-0.3, -0.25) is 0 Å². The number of hydrogen-bond donors (Lipinski definition) is 2. The lowest BCUT2D eigenvalue weighted by molar-refractivity contribution is 0.273. The third kappa shape index (κ3) is 3.01. The molecule has 0 radical (unpaired) electrons. The van der Waals surface area contributed by atoms with E-state index < -0.39 is 10.0 Å². The summed E-state index contributed by atoms with van der Waals surface area (Å²) in [6, 6.07) is 4.47. The summed E-state index contributed by atoms with van der Waals surface area (Å²) < 4.78 is 31.6. The normalized spacial score (nSPS) is 15.7. The number of rotatable bonds is 6. The second kappa shape index (κ2) is 5.26. The molecule has 0 spiro atoms. The topological polar surface area (TPSA) is 75.6 Å². The van der Waals surface area contributed by atoms with E-state index in [0.717, 1.165) is 12.8 Å². The minimum atomic E-state index is -3.49. The van der Waals surface area contributed by atoms with Gasteiger partial charge in [0.05, 0.1) is 18.6 Å². The van der Waals surface area contributed by atoms with Crippen molar-refractivity contribution in [3.8, 4) is 5.75 Å². The molecule has 2 rings (SSSR count). The van der Waals surface area contributed by atoms with Crippen molar-refractivity contribution >= 4 is 10.0 Å². The maximum atomic E-state index is 12.0. The molecule has 0 atom stereocenters. The average Bonchev–Trinajstić information content (AvgIpc) is 3.19. The molecule has 0 bridgehead atoms. The lowest BCUT2D eigenvalue weighted by Crippen LogP contribution is -2.25. The molecule has 1 aromatic rings. The van der Waals surface area contributed by atoms with Crippen LogP contribution in [0.25, 0.3) is 0 Å². The van der Waals surface area contributed by atoms with Crippen molar-refractivity contribution in [1.82, 2.24) is 4.72 Å². The summed E-state index contributed by atoms with van der Waals surface area (Å²) in [5, 5.41) is 9.17. The summed E-state index contributed by atoms with van der Waals surface area (Å²) in [7, 11) is -2.01. The van der Waals surface area contributed by atoms with E-state index in [-0.39, 0.29) is 11.5 Å². The van der Waals surface area contributed by atoms with Gasteiger partial charge in [0.1, 0.15) is 5.75 Å². The molecule has 6 heteroatoms. The minimum Gasteiger partial charge on any atom is -0.496 e. The van der Waals surface area contributed by atoms with Crippen LogP contribution in [0, 0.1) is 5.92 Å². The molecule has 100 valence electrons. The molecular weight excluding hydrogens is 254 g/mol. The van der Waals surface area contributed by atoms with Crippen molar-refractivity contribution in [2.75, 3.05) is 13.7 Å². The first-order valence-electron chi connectivity index (χ1n) is 5.84. The van der Waals surface area contributed by atoms with Crippen molar-refractivity contribution in [2.24, 2.45) is 5.92 Å². The fourth-order valence-corrected chi connectivity index (χ4v) is 2.84. The van der Waals surface area contributed by atoms with Crippen LogP contribution in [-0.2, 0) is 16.6 Å². The van der Waals surface area contributed by atoms with Crippen molar-refractivity contribution in [3.63, 3.8) is 0 Å². The van der Waals surface area contributed by atoms with E-state index in [1.165, 1.54) is 19.2 Å². The molecule has 1 aliphatic carbocycles. The number of nitrogens with one attached hydrogen (secondary N) is 1. The van der Waals surface area contributed by atoms with Gasteiger partial charge in [0, 0.05) is 12.1 Å². The molecule has 1 aliphatic rings. The van der Waals surface area contributed by atoms with Crippen LogP contribution >= 0.6 is 0 Å². The minimum absolute atomic E-state index is 0.160. The summed E-state index contributed by atoms with van der Waals surface area (Å²) in [4.78, 5) is 0.160. The number of sulfonamides is 1. The number of aliphatic hydroxyl groups is 1. The Morgan fingerprint density at radius 3 is 2.72 bits per heavy atom. The van der Waals surface area contributed by atoms with Crippen LogP contribution in [-0.4, -0.2) is 27.2 Å². The predicted molar refractivity (Wildman–Crippen MR) is 66.8 cm³/mol. The quantitative estimate of drug-likeness (QED) is 0.805. The highest BCUT2D eigenvalue weighted by atomic mass is 32.2. The van der Waals surface area contributed by atoms with Gasteiger partial charge < -0.3 is 9.84 Å². The fourth-order valence-electron chi connectivity index (χ4n) is 1.68. The third-order valence-corrected chi connectivity index (χ3v) is 4.41. The predicted octanol–water partition coefficient (Wildman–Crippen LogP) is 0.876. The first-order chi connectivity index (χ1) is 8.56. The van der Waals surface area contributed by atoms with E-state index in [1.54, 1.807) is 6.07 Å². The van der Waals surface area contributed by atoms with Crippen LogP contribution in [0.5, 0.6) is 5.75 Å². The smallest absolute Gasteiger partial charge is 0.240 e. The lowest BCUT2D eigenvalue weighted by atomic mass is 10.2. The Morgan fingerprint density at radius 2 is 2.17 bits per heavy atom. The summed E-state index contributed by atoms with van der Waals surface area (Å²) >= 11 is 0. The zero-order valence-corrected chi connectivity index (χ0v) is 11.0. The lowest BCUT2D eigenvalue weighted by Gasteiger charge is -2.10. The molecule has 0 saturated heterocycles. The molecule has 18 heavy (non-hydrogen) atoms. The van der Waals surface area contributed by atoms with E-state index in [2.05, 4.69) is 4.72 Å². The Labute approximate surface area is 107 Å². The van der Waals surface area contributed by atoms with Gasteiger partial charge in [-0.15, -0.1) is 0 Å².